The number of halogens is 1. The van der Waals surface area contributed by atoms with Gasteiger partial charge in [0.25, 0.3) is 0 Å². The fraction of sp³-hybridized carbons (Fsp3) is 1.00. The van der Waals surface area contributed by atoms with Crippen molar-refractivity contribution in [3.8, 4) is 0 Å². The lowest BCUT2D eigenvalue weighted by atomic mass is 9.88. The van der Waals surface area contributed by atoms with E-state index in [0.29, 0.717) is 18.6 Å². The van der Waals surface area contributed by atoms with Crippen molar-refractivity contribution in [3.63, 3.8) is 0 Å². The molecule has 1 saturated heterocycles. The van der Waals surface area contributed by atoms with Crippen LogP contribution in [0.5, 0.6) is 0 Å². The molecule has 1 rings (SSSR count). The molecular formula is C12H27ClN2O. The van der Waals surface area contributed by atoms with Crippen LogP contribution in [0, 0.1) is 5.92 Å². The predicted octanol–water partition coefficient (Wildman–Crippen LogP) is 1.94. The van der Waals surface area contributed by atoms with Crippen LogP contribution in [0.25, 0.3) is 0 Å². The first-order chi connectivity index (χ1) is 7.08. The predicted molar refractivity (Wildman–Crippen MR) is 71.1 cm³/mol. The van der Waals surface area contributed by atoms with Crippen molar-refractivity contribution in [1.82, 2.24) is 5.32 Å². The van der Waals surface area contributed by atoms with Crippen LogP contribution in [0.1, 0.15) is 40.0 Å². The molecule has 1 aliphatic heterocycles. The van der Waals surface area contributed by atoms with Gasteiger partial charge < -0.3 is 15.8 Å². The van der Waals surface area contributed by atoms with E-state index in [0.717, 1.165) is 19.6 Å². The van der Waals surface area contributed by atoms with Crippen molar-refractivity contribution in [1.29, 1.82) is 0 Å². The largest absolute Gasteiger partial charge is 0.378 e. The fourth-order valence-corrected chi connectivity index (χ4v) is 1.90. The van der Waals surface area contributed by atoms with E-state index in [2.05, 4.69) is 26.1 Å². The van der Waals surface area contributed by atoms with E-state index in [9.17, 15) is 0 Å². The molecule has 2 unspecified atom stereocenters. The highest BCUT2D eigenvalue weighted by atomic mass is 35.5. The first kappa shape index (κ1) is 16.2. The Balaban J connectivity index is 0.00000225. The van der Waals surface area contributed by atoms with Gasteiger partial charge in [-0.15, -0.1) is 12.4 Å². The van der Waals surface area contributed by atoms with Gasteiger partial charge in [-0.3, -0.25) is 0 Å². The van der Waals surface area contributed by atoms with E-state index in [1.807, 2.05) is 0 Å². The van der Waals surface area contributed by atoms with Crippen molar-refractivity contribution in [3.05, 3.63) is 0 Å². The van der Waals surface area contributed by atoms with Crippen LogP contribution in [0.3, 0.4) is 0 Å². The van der Waals surface area contributed by atoms with Gasteiger partial charge in [0.1, 0.15) is 0 Å². The van der Waals surface area contributed by atoms with Gasteiger partial charge in [0.15, 0.2) is 0 Å². The molecular weight excluding hydrogens is 224 g/mol. The fourth-order valence-electron chi connectivity index (χ4n) is 1.90. The summed E-state index contributed by atoms with van der Waals surface area (Å²) in [6.45, 7) is 9.28. The maximum absolute atomic E-state index is 5.81. The number of rotatable bonds is 6. The Morgan fingerprint density at radius 1 is 1.50 bits per heavy atom. The maximum atomic E-state index is 5.81. The number of hydrogen-bond acceptors (Lipinski definition) is 3. The highest BCUT2D eigenvalue weighted by molar-refractivity contribution is 5.85. The molecule has 4 heteroatoms. The molecule has 1 heterocycles. The molecule has 3 N–H and O–H groups in total. The van der Waals surface area contributed by atoms with Crippen LogP contribution in [-0.4, -0.2) is 31.3 Å². The van der Waals surface area contributed by atoms with Crippen LogP contribution in [0.15, 0.2) is 0 Å². The summed E-state index contributed by atoms with van der Waals surface area (Å²) in [5.74, 6) is 0.562. The third kappa shape index (κ3) is 4.58. The second-order valence-electron chi connectivity index (χ2n) is 5.13. The van der Waals surface area contributed by atoms with Gasteiger partial charge >= 0.3 is 0 Å². The Morgan fingerprint density at radius 2 is 2.19 bits per heavy atom. The van der Waals surface area contributed by atoms with Crippen molar-refractivity contribution in [2.45, 2.75) is 51.7 Å². The lowest BCUT2D eigenvalue weighted by Crippen LogP contribution is -2.53. The second kappa shape index (κ2) is 7.49. The van der Waals surface area contributed by atoms with Crippen molar-refractivity contribution < 1.29 is 4.74 Å². The Hall–Kier alpha value is 0.170. The monoisotopic (exact) mass is 250 g/mol. The molecule has 0 amide bonds. The third-order valence-corrected chi connectivity index (χ3v) is 3.72. The van der Waals surface area contributed by atoms with E-state index >= 15 is 0 Å². The quantitative estimate of drug-likeness (QED) is 0.758. The Kier molecular flexibility index (Phi) is 7.57. The molecule has 16 heavy (non-hydrogen) atoms. The van der Waals surface area contributed by atoms with Crippen molar-refractivity contribution in [2.24, 2.45) is 11.7 Å². The van der Waals surface area contributed by atoms with Gasteiger partial charge in [0.05, 0.1) is 6.10 Å². The van der Waals surface area contributed by atoms with Gasteiger partial charge in [0.2, 0.25) is 0 Å². The molecule has 0 aromatic carbocycles. The van der Waals surface area contributed by atoms with Crippen LogP contribution in [-0.2, 0) is 4.74 Å². The summed E-state index contributed by atoms with van der Waals surface area (Å²) >= 11 is 0. The molecule has 98 valence electrons. The highest BCUT2D eigenvalue weighted by Crippen LogP contribution is 2.17. The minimum Gasteiger partial charge on any atom is -0.378 e. The summed E-state index contributed by atoms with van der Waals surface area (Å²) in [6, 6.07) is 0. The first-order valence-electron chi connectivity index (χ1n) is 6.15. The zero-order chi connectivity index (χ0) is 11.3. The molecule has 3 nitrogen and oxygen atoms in total. The Morgan fingerprint density at radius 3 is 2.62 bits per heavy atom. The Labute approximate surface area is 106 Å². The van der Waals surface area contributed by atoms with Gasteiger partial charge in [-0.25, -0.2) is 0 Å². The summed E-state index contributed by atoms with van der Waals surface area (Å²) in [5.41, 5.74) is 5.88. The van der Waals surface area contributed by atoms with Gasteiger partial charge in [-0.05, 0) is 38.6 Å². The zero-order valence-corrected chi connectivity index (χ0v) is 11.6. The minimum absolute atomic E-state index is 0. The van der Waals surface area contributed by atoms with Crippen molar-refractivity contribution in [2.75, 3.05) is 19.7 Å². The molecule has 0 aromatic heterocycles. The van der Waals surface area contributed by atoms with E-state index in [-0.39, 0.29) is 17.9 Å². The molecule has 0 bridgehead atoms. The van der Waals surface area contributed by atoms with E-state index in [1.165, 1.54) is 12.8 Å². The summed E-state index contributed by atoms with van der Waals surface area (Å²) < 4.78 is 5.59. The van der Waals surface area contributed by atoms with E-state index in [1.54, 1.807) is 0 Å². The molecule has 0 aromatic rings. The van der Waals surface area contributed by atoms with Crippen LogP contribution >= 0.6 is 12.4 Å². The smallest absolute Gasteiger partial charge is 0.0588 e. The van der Waals surface area contributed by atoms with E-state index < -0.39 is 0 Å². The second-order valence-corrected chi connectivity index (χ2v) is 5.13. The van der Waals surface area contributed by atoms with Gasteiger partial charge in [-0.2, -0.15) is 0 Å². The maximum Gasteiger partial charge on any atom is 0.0588 e. The number of nitrogens with one attached hydrogen (secondary N) is 1. The average molecular weight is 251 g/mol. The summed E-state index contributed by atoms with van der Waals surface area (Å²) in [7, 11) is 0. The molecule has 0 saturated carbocycles. The standard InChI is InChI=1S/C12H26N2O.ClH/c1-10(2)12(3,9-13)14-7-6-11-5-4-8-15-11;/h10-11,14H,4-9,13H2,1-3H3;1H. The van der Waals surface area contributed by atoms with Gasteiger partial charge in [-0.1, -0.05) is 13.8 Å². The SMILES string of the molecule is CC(C)C(C)(CN)NCCC1CCCO1.Cl. The number of nitrogens with two attached hydrogens (primary N) is 1. The van der Waals surface area contributed by atoms with Crippen LogP contribution in [0.2, 0.25) is 0 Å². The van der Waals surface area contributed by atoms with Crippen LogP contribution in [0.4, 0.5) is 0 Å². The summed E-state index contributed by atoms with van der Waals surface area (Å²) in [4.78, 5) is 0. The molecule has 0 radical (unpaired) electrons. The Bertz CT molecular complexity index is 184. The molecule has 1 aliphatic rings. The number of ether oxygens (including phenoxy) is 1. The van der Waals surface area contributed by atoms with Crippen LogP contribution < -0.4 is 11.1 Å². The molecule has 1 fully saturated rings. The summed E-state index contributed by atoms with van der Waals surface area (Å²) in [6.07, 6.45) is 4.04. The lowest BCUT2D eigenvalue weighted by Gasteiger charge is -2.34. The first-order valence-corrected chi connectivity index (χ1v) is 6.15. The van der Waals surface area contributed by atoms with E-state index in [4.69, 9.17) is 10.5 Å². The highest BCUT2D eigenvalue weighted by Gasteiger charge is 2.26. The normalized spacial score (nSPS) is 24.2. The molecule has 0 aliphatic carbocycles. The number of hydrogen-bond donors (Lipinski definition) is 2. The minimum atomic E-state index is 0. The molecule has 0 spiro atoms. The zero-order valence-electron chi connectivity index (χ0n) is 10.8. The average Bonchev–Trinajstić information content (AvgIpc) is 2.70. The lowest BCUT2D eigenvalue weighted by molar-refractivity contribution is 0.100. The van der Waals surface area contributed by atoms with Gasteiger partial charge in [0, 0.05) is 18.7 Å². The third-order valence-electron chi connectivity index (χ3n) is 3.72. The summed E-state index contributed by atoms with van der Waals surface area (Å²) in [5, 5.41) is 3.57. The molecule has 2 atom stereocenters. The topological polar surface area (TPSA) is 47.3 Å². The van der Waals surface area contributed by atoms with Crippen molar-refractivity contribution >= 4 is 12.4 Å².